The lowest BCUT2D eigenvalue weighted by Gasteiger charge is -2.17. The zero-order chi connectivity index (χ0) is 15.1. The molecular weight excluding hydrogens is 413 g/mol. The van der Waals surface area contributed by atoms with Crippen molar-refractivity contribution in [2.75, 3.05) is 13.1 Å². The van der Waals surface area contributed by atoms with Crippen LogP contribution in [-0.4, -0.2) is 30.2 Å². The molecule has 6 heteroatoms. The highest BCUT2D eigenvalue weighted by Gasteiger charge is 2.13. The standard InChI is InChI=1S/C16H22ClN3O.HI/c1-2-18-16(20-12-7-3-4-8-12)19-11-15(21)13-9-5-6-10-14(13)17;/h3-6,9-10,12,15,21H,2,7-8,11H2,1H3,(H2,18,19,20);1H. The molecule has 1 unspecified atom stereocenters. The van der Waals surface area contributed by atoms with Crippen molar-refractivity contribution in [2.24, 2.45) is 4.99 Å². The topological polar surface area (TPSA) is 56.7 Å². The Balaban J connectivity index is 0.00000242. The first-order chi connectivity index (χ1) is 10.2. The van der Waals surface area contributed by atoms with E-state index >= 15 is 0 Å². The Labute approximate surface area is 154 Å². The number of nitrogens with one attached hydrogen (secondary N) is 2. The average Bonchev–Trinajstić information content (AvgIpc) is 2.98. The maximum Gasteiger partial charge on any atom is 0.191 e. The molecule has 1 atom stereocenters. The smallest absolute Gasteiger partial charge is 0.191 e. The minimum Gasteiger partial charge on any atom is -0.386 e. The van der Waals surface area contributed by atoms with Crippen LogP contribution in [0.5, 0.6) is 0 Å². The summed E-state index contributed by atoms with van der Waals surface area (Å²) in [4.78, 5) is 4.45. The minimum absolute atomic E-state index is 0. The molecule has 0 aliphatic heterocycles. The molecule has 0 radical (unpaired) electrons. The third-order valence-corrected chi connectivity index (χ3v) is 3.72. The highest BCUT2D eigenvalue weighted by Crippen LogP contribution is 2.22. The number of hydrogen-bond donors (Lipinski definition) is 3. The van der Waals surface area contributed by atoms with Crippen LogP contribution in [0, 0.1) is 0 Å². The molecule has 1 aromatic carbocycles. The first kappa shape index (κ1) is 19.3. The van der Waals surface area contributed by atoms with Crippen LogP contribution in [0.1, 0.15) is 31.4 Å². The fraction of sp³-hybridized carbons (Fsp3) is 0.438. The molecule has 4 nitrogen and oxygen atoms in total. The summed E-state index contributed by atoms with van der Waals surface area (Å²) in [6.07, 6.45) is 5.66. The Bertz CT molecular complexity index is 514. The lowest BCUT2D eigenvalue weighted by atomic mass is 10.1. The van der Waals surface area contributed by atoms with Gasteiger partial charge in [0.25, 0.3) is 0 Å². The number of nitrogens with zero attached hydrogens (tertiary/aromatic N) is 1. The highest BCUT2D eigenvalue weighted by molar-refractivity contribution is 14.0. The molecule has 1 aromatic rings. The van der Waals surface area contributed by atoms with E-state index in [0.717, 1.165) is 25.3 Å². The van der Waals surface area contributed by atoms with Crippen molar-refractivity contribution in [3.05, 3.63) is 47.0 Å². The van der Waals surface area contributed by atoms with Crippen LogP contribution < -0.4 is 10.6 Å². The number of benzene rings is 1. The Hall–Kier alpha value is -0.790. The molecule has 0 bridgehead atoms. The van der Waals surface area contributed by atoms with E-state index < -0.39 is 6.10 Å². The molecule has 0 saturated carbocycles. The van der Waals surface area contributed by atoms with Crippen molar-refractivity contribution in [2.45, 2.75) is 31.9 Å². The van der Waals surface area contributed by atoms with E-state index in [-0.39, 0.29) is 30.5 Å². The van der Waals surface area contributed by atoms with Crippen molar-refractivity contribution in [3.63, 3.8) is 0 Å². The summed E-state index contributed by atoms with van der Waals surface area (Å²) >= 11 is 6.09. The van der Waals surface area contributed by atoms with Crippen LogP contribution in [0.15, 0.2) is 41.4 Å². The van der Waals surface area contributed by atoms with E-state index in [2.05, 4.69) is 27.8 Å². The van der Waals surface area contributed by atoms with Crippen molar-refractivity contribution < 1.29 is 5.11 Å². The fourth-order valence-electron chi connectivity index (χ4n) is 2.27. The second-order valence-electron chi connectivity index (χ2n) is 5.04. The normalized spacial score (nSPS) is 16.2. The summed E-state index contributed by atoms with van der Waals surface area (Å²) < 4.78 is 0. The maximum atomic E-state index is 10.2. The van der Waals surface area contributed by atoms with Gasteiger partial charge in [-0.2, -0.15) is 0 Å². The van der Waals surface area contributed by atoms with E-state index in [0.29, 0.717) is 16.6 Å². The maximum absolute atomic E-state index is 10.2. The van der Waals surface area contributed by atoms with Gasteiger partial charge in [0.2, 0.25) is 0 Å². The lowest BCUT2D eigenvalue weighted by molar-refractivity contribution is 0.187. The van der Waals surface area contributed by atoms with Gasteiger partial charge in [-0.1, -0.05) is 42.0 Å². The first-order valence-electron chi connectivity index (χ1n) is 7.33. The number of aliphatic hydroxyl groups is 1. The van der Waals surface area contributed by atoms with Gasteiger partial charge in [-0.3, -0.25) is 4.99 Å². The Morgan fingerprint density at radius 1 is 1.36 bits per heavy atom. The SMILES string of the molecule is CCNC(=NCC(O)c1ccccc1Cl)NC1CC=CC1.I. The predicted molar refractivity (Wildman–Crippen MR) is 103 cm³/mol. The van der Waals surface area contributed by atoms with E-state index in [1.807, 2.05) is 25.1 Å². The molecule has 0 heterocycles. The molecule has 3 N–H and O–H groups in total. The van der Waals surface area contributed by atoms with Gasteiger partial charge < -0.3 is 15.7 Å². The summed E-state index contributed by atoms with van der Waals surface area (Å²) in [5.74, 6) is 0.734. The van der Waals surface area contributed by atoms with Crippen molar-refractivity contribution in [1.29, 1.82) is 0 Å². The van der Waals surface area contributed by atoms with Crippen LogP contribution in [0.3, 0.4) is 0 Å². The number of rotatable bonds is 5. The van der Waals surface area contributed by atoms with Crippen LogP contribution in [0.2, 0.25) is 5.02 Å². The van der Waals surface area contributed by atoms with Crippen molar-refractivity contribution >= 4 is 41.5 Å². The molecule has 0 saturated heterocycles. The van der Waals surface area contributed by atoms with Crippen molar-refractivity contribution in [3.8, 4) is 0 Å². The van der Waals surface area contributed by atoms with Crippen LogP contribution in [0.4, 0.5) is 0 Å². The zero-order valence-electron chi connectivity index (χ0n) is 12.6. The largest absolute Gasteiger partial charge is 0.386 e. The van der Waals surface area contributed by atoms with Crippen LogP contribution in [-0.2, 0) is 0 Å². The summed E-state index contributed by atoms with van der Waals surface area (Å²) in [5, 5.41) is 17.4. The molecule has 0 aromatic heterocycles. The second kappa shape index (κ2) is 10.1. The number of halogens is 2. The summed E-state index contributed by atoms with van der Waals surface area (Å²) in [7, 11) is 0. The summed E-state index contributed by atoms with van der Waals surface area (Å²) in [6.45, 7) is 3.09. The monoisotopic (exact) mass is 435 g/mol. The van der Waals surface area contributed by atoms with Gasteiger partial charge in [0.15, 0.2) is 5.96 Å². The Morgan fingerprint density at radius 2 is 2.05 bits per heavy atom. The Morgan fingerprint density at radius 3 is 2.68 bits per heavy atom. The van der Waals surface area contributed by atoms with E-state index in [9.17, 15) is 5.11 Å². The van der Waals surface area contributed by atoms with Crippen LogP contribution >= 0.6 is 35.6 Å². The van der Waals surface area contributed by atoms with E-state index in [1.54, 1.807) is 6.07 Å². The van der Waals surface area contributed by atoms with Gasteiger partial charge in [0.05, 0.1) is 6.54 Å². The molecule has 22 heavy (non-hydrogen) atoms. The average molecular weight is 436 g/mol. The first-order valence-corrected chi connectivity index (χ1v) is 7.70. The lowest BCUT2D eigenvalue weighted by Crippen LogP contribution is -2.42. The highest BCUT2D eigenvalue weighted by atomic mass is 127. The van der Waals surface area contributed by atoms with Gasteiger partial charge in [-0.25, -0.2) is 0 Å². The molecule has 1 aliphatic carbocycles. The molecule has 1 aliphatic rings. The van der Waals surface area contributed by atoms with Crippen LogP contribution in [0.25, 0.3) is 0 Å². The molecule has 0 amide bonds. The molecular formula is C16H23ClIN3O. The number of aliphatic imine (C=N–C) groups is 1. The van der Waals surface area contributed by atoms with Gasteiger partial charge >= 0.3 is 0 Å². The fourth-order valence-corrected chi connectivity index (χ4v) is 2.53. The van der Waals surface area contributed by atoms with Crippen molar-refractivity contribution in [1.82, 2.24) is 10.6 Å². The third kappa shape index (κ3) is 5.78. The van der Waals surface area contributed by atoms with Gasteiger partial charge in [-0.15, -0.1) is 24.0 Å². The minimum atomic E-state index is -0.698. The number of aliphatic hydroxyl groups excluding tert-OH is 1. The molecule has 0 spiro atoms. The number of guanidine groups is 1. The van der Waals surface area contributed by atoms with Gasteiger partial charge in [-0.05, 0) is 25.8 Å². The third-order valence-electron chi connectivity index (χ3n) is 3.38. The quantitative estimate of drug-likeness (QED) is 0.288. The molecule has 0 fully saturated rings. The summed E-state index contributed by atoms with van der Waals surface area (Å²) in [6, 6.07) is 7.70. The second-order valence-corrected chi connectivity index (χ2v) is 5.45. The van der Waals surface area contributed by atoms with E-state index in [1.165, 1.54) is 0 Å². The summed E-state index contributed by atoms with van der Waals surface area (Å²) in [5.41, 5.74) is 0.710. The Kier molecular flexibility index (Phi) is 8.82. The zero-order valence-corrected chi connectivity index (χ0v) is 15.7. The number of hydrogen-bond acceptors (Lipinski definition) is 2. The van der Waals surface area contributed by atoms with Gasteiger partial charge in [0.1, 0.15) is 6.10 Å². The molecule has 122 valence electrons. The van der Waals surface area contributed by atoms with E-state index in [4.69, 9.17) is 11.6 Å². The van der Waals surface area contributed by atoms with Gasteiger partial charge in [0, 0.05) is 23.2 Å². The predicted octanol–water partition coefficient (Wildman–Crippen LogP) is 3.27. The molecule has 2 rings (SSSR count).